The Morgan fingerprint density at radius 1 is 1.03 bits per heavy atom. The van der Waals surface area contributed by atoms with E-state index in [4.69, 9.17) is 9.15 Å². The first kappa shape index (κ1) is 19.8. The molecule has 1 saturated heterocycles. The molecule has 1 aliphatic heterocycles. The van der Waals surface area contributed by atoms with Crippen LogP contribution in [0.15, 0.2) is 70.4 Å². The van der Waals surface area contributed by atoms with Crippen LogP contribution in [-0.4, -0.2) is 53.3 Å². The van der Waals surface area contributed by atoms with Crippen molar-refractivity contribution in [2.45, 2.75) is 5.03 Å². The number of hydrogen-bond donors (Lipinski definition) is 0. The van der Waals surface area contributed by atoms with Crippen molar-refractivity contribution in [2.75, 3.05) is 32.6 Å². The van der Waals surface area contributed by atoms with Crippen LogP contribution in [-0.2, 0) is 4.74 Å². The average molecular weight is 432 g/mol. The Morgan fingerprint density at radius 3 is 2.68 bits per heavy atom. The Labute approximate surface area is 184 Å². The Balaban J connectivity index is 1.51. The Kier molecular flexibility index (Phi) is 5.44. The highest BCUT2D eigenvalue weighted by Crippen LogP contribution is 2.34. The van der Waals surface area contributed by atoms with Crippen molar-refractivity contribution in [3.63, 3.8) is 0 Å². The second-order valence-electron chi connectivity index (χ2n) is 7.26. The molecule has 0 atom stereocenters. The Hall–Kier alpha value is -3.16. The number of pyridine rings is 2. The van der Waals surface area contributed by atoms with Gasteiger partial charge in [0.15, 0.2) is 5.58 Å². The number of fused-ring (bicyclic) bond motifs is 1. The molecule has 3 aromatic heterocycles. The Morgan fingerprint density at radius 2 is 1.90 bits per heavy atom. The maximum absolute atomic E-state index is 12.9. The van der Waals surface area contributed by atoms with E-state index < -0.39 is 0 Å². The minimum atomic E-state index is 0.0237. The number of ether oxygens (including phenoxy) is 1. The molecule has 1 fully saturated rings. The van der Waals surface area contributed by atoms with E-state index in [-0.39, 0.29) is 5.91 Å². The summed E-state index contributed by atoms with van der Waals surface area (Å²) in [7, 11) is 0. The lowest BCUT2D eigenvalue weighted by molar-refractivity contribution is 0.0303. The van der Waals surface area contributed by atoms with Gasteiger partial charge in [-0.1, -0.05) is 12.1 Å². The van der Waals surface area contributed by atoms with Crippen molar-refractivity contribution in [1.82, 2.24) is 14.9 Å². The topological polar surface area (TPSA) is 68.5 Å². The predicted octanol–water partition coefficient (Wildman–Crippen LogP) is 4.75. The van der Waals surface area contributed by atoms with Crippen LogP contribution in [0.2, 0.25) is 0 Å². The summed E-state index contributed by atoms with van der Waals surface area (Å²) >= 11 is 1.60. The lowest BCUT2D eigenvalue weighted by Crippen LogP contribution is -2.40. The predicted molar refractivity (Wildman–Crippen MR) is 121 cm³/mol. The van der Waals surface area contributed by atoms with Crippen LogP contribution < -0.4 is 0 Å². The summed E-state index contributed by atoms with van der Waals surface area (Å²) in [5.41, 5.74) is 4.85. The maximum atomic E-state index is 12.9. The van der Waals surface area contributed by atoms with Gasteiger partial charge in [-0.05, 0) is 42.2 Å². The van der Waals surface area contributed by atoms with Gasteiger partial charge < -0.3 is 14.1 Å². The third-order valence-corrected chi connectivity index (χ3v) is 6.02. The third-order valence-electron chi connectivity index (χ3n) is 5.36. The number of hydrogen-bond acceptors (Lipinski definition) is 6. The largest absolute Gasteiger partial charge is 0.454 e. The second-order valence-corrected chi connectivity index (χ2v) is 8.08. The number of rotatable bonds is 4. The number of amides is 1. The summed E-state index contributed by atoms with van der Waals surface area (Å²) in [6.45, 7) is 2.40. The normalized spacial score (nSPS) is 14.2. The van der Waals surface area contributed by atoms with E-state index in [1.165, 1.54) is 0 Å². The molecule has 0 aliphatic carbocycles. The number of furan rings is 1. The molecular weight excluding hydrogens is 410 g/mol. The van der Waals surface area contributed by atoms with Crippen LogP contribution in [0.5, 0.6) is 0 Å². The van der Waals surface area contributed by atoms with E-state index in [9.17, 15) is 4.79 Å². The van der Waals surface area contributed by atoms with Crippen molar-refractivity contribution in [1.29, 1.82) is 0 Å². The number of aromatic nitrogens is 2. The van der Waals surface area contributed by atoms with Crippen LogP contribution in [0.3, 0.4) is 0 Å². The summed E-state index contributed by atoms with van der Waals surface area (Å²) in [6.07, 6.45) is 5.57. The molecule has 0 unspecified atom stereocenters. The van der Waals surface area contributed by atoms with Crippen molar-refractivity contribution in [3.8, 4) is 22.5 Å². The van der Waals surface area contributed by atoms with Gasteiger partial charge in [-0.15, -0.1) is 11.8 Å². The Bertz CT molecular complexity index is 1230. The van der Waals surface area contributed by atoms with Gasteiger partial charge in [0.05, 0.1) is 18.2 Å². The average Bonchev–Trinajstić information content (AvgIpc) is 3.29. The summed E-state index contributed by atoms with van der Waals surface area (Å²) in [6, 6.07) is 15.5. The van der Waals surface area contributed by atoms with Gasteiger partial charge in [0.25, 0.3) is 5.91 Å². The molecule has 1 aliphatic rings. The molecule has 1 aromatic carbocycles. The van der Waals surface area contributed by atoms with Crippen LogP contribution >= 0.6 is 11.8 Å². The fourth-order valence-electron chi connectivity index (χ4n) is 3.72. The molecule has 0 bridgehead atoms. The highest BCUT2D eigenvalue weighted by Gasteiger charge is 2.19. The zero-order valence-electron chi connectivity index (χ0n) is 17.1. The minimum absolute atomic E-state index is 0.0237. The molecule has 0 radical (unpaired) electrons. The van der Waals surface area contributed by atoms with E-state index in [1.54, 1.807) is 18.0 Å². The highest BCUT2D eigenvalue weighted by molar-refractivity contribution is 7.98. The minimum Gasteiger partial charge on any atom is -0.454 e. The molecule has 6 nitrogen and oxygen atoms in total. The molecule has 1 amide bonds. The summed E-state index contributed by atoms with van der Waals surface area (Å²) in [5, 5.41) is 0.959. The molecule has 4 aromatic rings. The van der Waals surface area contributed by atoms with Gasteiger partial charge in [-0.2, -0.15) is 0 Å². The fourth-order valence-corrected chi connectivity index (χ4v) is 4.09. The highest BCUT2D eigenvalue weighted by atomic mass is 32.2. The van der Waals surface area contributed by atoms with Gasteiger partial charge in [-0.3, -0.25) is 9.78 Å². The van der Waals surface area contributed by atoms with Gasteiger partial charge in [0.1, 0.15) is 11.3 Å². The number of carbonyl (C=O) groups is 1. The molecule has 0 N–H and O–H groups in total. The smallest absolute Gasteiger partial charge is 0.254 e. The zero-order valence-corrected chi connectivity index (χ0v) is 17.9. The number of thioether (sulfide) groups is 1. The maximum Gasteiger partial charge on any atom is 0.254 e. The second kappa shape index (κ2) is 8.53. The van der Waals surface area contributed by atoms with E-state index in [0.29, 0.717) is 37.4 Å². The van der Waals surface area contributed by atoms with E-state index >= 15 is 0 Å². The lowest BCUT2D eigenvalue weighted by atomic mass is 10.0. The van der Waals surface area contributed by atoms with E-state index in [0.717, 1.165) is 33.0 Å². The summed E-state index contributed by atoms with van der Waals surface area (Å²) < 4.78 is 11.6. The van der Waals surface area contributed by atoms with Gasteiger partial charge in [-0.25, -0.2) is 4.98 Å². The quantitative estimate of drug-likeness (QED) is 0.434. The number of nitrogens with zero attached hydrogens (tertiary/aromatic N) is 3. The summed E-state index contributed by atoms with van der Waals surface area (Å²) in [4.78, 5) is 23.7. The van der Waals surface area contributed by atoms with Crippen molar-refractivity contribution in [3.05, 3.63) is 66.5 Å². The standard InChI is InChI=1S/C24H21N3O3S/c1-31-22-6-5-18(15-26-22)21-14-20-23(30-21)19(7-8-25-20)16-3-2-4-17(13-16)24(28)27-9-11-29-12-10-27/h2-8,13-15H,9-12H2,1H3. The van der Waals surface area contributed by atoms with Crippen molar-refractivity contribution < 1.29 is 13.9 Å². The molecule has 0 saturated carbocycles. The SMILES string of the molecule is CSc1ccc(-c2cc3nccc(-c4cccc(C(=O)N5CCOCC5)c4)c3o2)cn1. The van der Waals surface area contributed by atoms with Crippen LogP contribution in [0.4, 0.5) is 0 Å². The van der Waals surface area contributed by atoms with Gasteiger partial charge >= 0.3 is 0 Å². The first-order chi connectivity index (χ1) is 15.2. The third kappa shape index (κ3) is 3.94. The first-order valence-electron chi connectivity index (χ1n) is 10.1. The first-order valence-corrected chi connectivity index (χ1v) is 11.3. The molecule has 156 valence electrons. The van der Waals surface area contributed by atoms with Crippen LogP contribution in [0.1, 0.15) is 10.4 Å². The monoisotopic (exact) mass is 431 g/mol. The molecule has 4 heterocycles. The number of morpholine rings is 1. The number of carbonyl (C=O) groups excluding carboxylic acids is 1. The lowest BCUT2D eigenvalue weighted by Gasteiger charge is -2.27. The molecule has 0 spiro atoms. The molecule has 31 heavy (non-hydrogen) atoms. The fraction of sp³-hybridized carbons (Fsp3) is 0.208. The van der Waals surface area contributed by atoms with Crippen molar-refractivity contribution in [2.24, 2.45) is 0 Å². The summed E-state index contributed by atoms with van der Waals surface area (Å²) in [5.74, 6) is 0.742. The van der Waals surface area contributed by atoms with Crippen molar-refractivity contribution >= 4 is 28.8 Å². The van der Waals surface area contributed by atoms with E-state index in [1.807, 2.05) is 65.9 Å². The van der Waals surface area contributed by atoms with Gasteiger partial charge in [0, 0.05) is 48.2 Å². The van der Waals surface area contributed by atoms with E-state index in [2.05, 4.69) is 9.97 Å². The van der Waals surface area contributed by atoms with Gasteiger partial charge in [0.2, 0.25) is 0 Å². The van der Waals surface area contributed by atoms with Crippen LogP contribution in [0, 0.1) is 0 Å². The molecule has 7 heteroatoms. The molecular formula is C24H21N3O3S. The molecule has 5 rings (SSSR count). The number of benzene rings is 1. The zero-order chi connectivity index (χ0) is 21.2. The van der Waals surface area contributed by atoms with Crippen LogP contribution in [0.25, 0.3) is 33.6 Å².